The number of thiazole rings is 1. The first-order chi connectivity index (χ1) is 11.7. The Morgan fingerprint density at radius 3 is 2.46 bits per heavy atom. The SMILES string of the molecule is COc1ccc(CN(C(=O)c2scnc2C)c2ccncc2)cc1. The number of hydrogen-bond donors (Lipinski definition) is 0. The fraction of sp³-hybridized carbons (Fsp3) is 0.167. The molecule has 2 aromatic heterocycles. The van der Waals surface area contributed by atoms with Gasteiger partial charge in [0.1, 0.15) is 10.6 Å². The number of ether oxygens (including phenoxy) is 1. The Balaban J connectivity index is 1.93. The molecule has 5 nitrogen and oxygen atoms in total. The van der Waals surface area contributed by atoms with E-state index in [2.05, 4.69) is 9.97 Å². The van der Waals surface area contributed by atoms with Gasteiger partial charge in [-0.1, -0.05) is 12.1 Å². The van der Waals surface area contributed by atoms with Gasteiger partial charge in [-0.3, -0.25) is 9.78 Å². The molecule has 1 amide bonds. The van der Waals surface area contributed by atoms with E-state index in [1.807, 2.05) is 43.3 Å². The minimum absolute atomic E-state index is 0.0583. The van der Waals surface area contributed by atoms with Crippen molar-refractivity contribution < 1.29 is 9.53 Å². The van der Waals surface area contributed by atoms with Crippen LogP contribution in [0, 0.1) is 6.92 Å². The Morgan fingerprint density at radius 2 is 1.88 bits per heavy atom. The molecule has 3 aromatic rings. The van der Waals surface area contributed by atoms with E-state index < -0.39 is 0 Å². The van der Waals surface area contributed by atoms with Crippen molar-refractivity contribution in [3.05, 3.63) is 70.4 Å². The standard InChI is InChI=1S/C18H17N3O2S/c1-13-17(24-12-20-13)18(22)21(15-7-9-19-10-8-15)11-14-3-5-16(23-2)6-4-14/h3-10,12H,11H2,1-2H3. The van der Waals surface area contributed by atoms with Crippen LogP contribution in [0.3, 0.4) is 0 Å². The van der Waals surface area contributed by atoms with Gasteiger partial charge in [-0.25, -0.2) is 4.98 Å². The van der Waals surface area contributed by atoms with Crippen LogP contribution in [0.2, 0.25) is 0 Å². The molecule has 0 unspecified atom stereocenters. The number of aryl methyl sites for hydroxylation is 1. The van der Waals surface area contributed by atoms with E-state index in [0.29, 0.717) is 11.4 Å². The van der Waals surface area contributed by atoms with Crippen LogP contribution in [0.25, 0.3) is 0 Å². The first kappa shape index (κ1) is 16.1. The first-order valence-electron chi connectivity index (χ1n) is 7.44. The summed E-state index contributed by atoms with van der Waals surface area (Å²) in [6, 6.07) is 11.4. The number of carbonyl (C=O) groups is 1. The van der Waals surface area contributed by atoms with Gasteiger partial charge < -0.3 is 9.64 Å². The summed E-state index contributed by atoms with van der Waals surface area (Å²) in [4.78, 5) is 23.6. The molecule has 2 heterocycles. The van der Waals surface area contributed by atoms with E-state index in [1.165, 1.54) is 11.3 Å². The lowest BCUT2D eigenvalue weighted by Crippen LogP contribution is -2.30. The van der Waals surface area contributed by atoms with Crippen molar-refractivity contribution in [2.24, 2.45) is 0 Å². The van der Waals surface area contributed by atoms with E-state index >= 15 is 0 Å². The van der Waals surface area contributed by atoms with Crippen LogP contribution < -0.4 is 9.64 Å². The molecule has 0 bridgehead atoms. The number of benzene rings is 1. The Morgan fingerprint density at radius 1 is 1.17 bits per heavy atom. The maximum atomic E-state index is 13.0. The van der Waals surface area contributed by atoms with Crippen molar-refractivity contribution in [1.29, 1.82) is 0 Å². The minimum atomic E-state index is -0.0583. The molecule has 0 atom stereocenters. The van der Waals surface area contributed by atoms with Gasteiger partial charge in [0.2, 0.25) is 0 Å². The quantitative estimate of drug-likeness (QED) is 0.711. The number of aromatic nitrogens is 2. The third-order valence-corrected chi connectivity index (χ3v) is 4.58. The number of amides is 1. The smallest absolute Gasteiger partial charge is 0.270 e. The maximum absolute atomic E-state index is 13.0. The minimum Gasteiger partial charge on any atom is -0.497 e. The van der Waals surface area contributed by atoms with Crippen molar-refractivity contribution in [2.45, 2.75) is 13.5 Å². The summed E-state index contributed by atoms with van der Waals surface area (Å²) < 4.78 is 5.19. The highest BCUT2D eigenvalue weighted by molar-refractivity contribution is 7.12. The van der Waals surface area contributed by atoms with Gasteiger partial charge in [-0.15, -0.1) is 11.3 Å². The highest BCUT2D eigenvalue weighted by atomic mass is 32.1. The molecule has 6 heteroatoms. The molecule has 0 aliphatic rings. The number of anilines is 1. The van der Waals surface area contributed by atoms with E-state index in [9.17, 15) is 4.79 Å². The summed E-state index contributed by atoms with van der Waals surface area (Å²) in [5.74, 6) is 0.732. The average molecular weight is 339 g/mol. The molecular weight excluding hydrogens is 322 g/mol. The highest BCUT2D eigenvalue weighted by Gasteiger charge is 2.21. The second-order valence-corrected chi connectivity index (χ2v) is 6.07. The average Bonchev–Trinajstić information content (AvgIpc) is 3.06. The number of nitrogens with zero attached hydrogens (tertiary/aromatic N) is 3. The third-order valence-electron chi connectivity index (χ3n) is 3.66. The number of pyridine rings is 1. The molecular formula is C18H17N3O2S. The van der Waals surface area contributed by atoms with Crippen LogP contribution in [-0.4, -0.2) is 23.0 Å². The molecule has 0 saturated heterocycles. The lowest BCUT2D eigenvalue weighted by molar-refractivity contribution is 0.0988. The fourth-order valence-electron chi connectivity index (χ4n) is 2.35. The molecule has 0 spiro atoms. The van der Waals surface area contributed by atoms with Crippen molar-refractivity contribution in [3.8, 4) is 5.75 Å². The zero-order valence-corrected chi connectivity index (χ0v) is 14.3. The normalized spacial score (nSPS) is 10.4. The van der Waals surface area contributed by atoms with E-state index in [0.717, 1.165) is 22.7 Å². The number of rotatable bonds is 5. The van der Waals surface area contributed by atoms with E-state index in [-0.39, 0.29) is 5.91 Å². The van der Waals surface area contributed by atoms with Crippen LogP contribution in [0.1, 0.15) is 20.9 Å². The zero-order valence-electron chi connectivity index (χ0n) is 13.5. The molecule has 3 rings (SSSR count). The predicted molar refractivity (Wildman–Crippen MR) is 94.6 cm³/mol. The second kappa shape index (κ2) is 7.23. The predicted octanol–water partition coefficient (Wildman–Crippen LogP) is 3.70. The van der Waals surface area contributed by atoms with Crippen LogP contribution in [-0.2, 0) is 6.54 Å². The summed E-state index contributed by atoms with van der Waals surface area (Å²) in [5.41, 5.74) is 4.27. The molecule has 0 aliphatic heterocycles. The Hall–Kier alpha value is -2.73. The molecule has 0 aliphatic carbocycles. The number of carbonyl (C=O) groups excluding carboxylic acids is 1. The van der Waals surface area contributed by atoms with Gasteiger partial charge in [-0.2, -0.15) is 0 Å². The topological polar surface area (TPSA) is 55.3 Å². The molecule has 0 N–H and O–H groups in total. The summed E-state index contributed by atoms with van der Waals surface area (Å²) >= 11 is 1.36. The lowest BCUT2D eigenvalue weighted by atomic mass is 10.2. The van der Waals surface area contributed by atoms with Crippen molar-refractivity contribution >= 4 is 22.9 Å². The van der Waals surface area contributed by atoms with Crippen molar-refractivity contribution in [3.63, 3.8) is 0 Å². The zero-order chi connectivity index (χ0) is 16.9. The van der Waals surface area contributed by atoms with Crippen LogP contribution in [0.15, 0.2) is 54.3 Å². The Kier molecular flexibility index (Phi) is 4.86. The van der Waals surface area contributed by atoms with Crippen molar-refractivity contribution in [1.82, 2.24) is 9.97 Å². The van der Waals surface area contributed by atoms with E-state index in [4.69, 9.17) is 4.74 Å². The molecule has 122 valence electrons. The number of hydrogen-bond acceptors (Lipinski definition) is 5. The number of methoxy groups -OCH3 is 1. The third kappa shape index (κ3) is 3.44. The summed E-state index contributed by atoms with van der Waals surface area (Å²) in [6.45, 7) is 2.31. The van der Waals surface area contributed by atoms with Gasteiger partial charge >= 0.3 is 0 Å². The summed E-state index contributed by atoms with van der Waals surface area (Å²) in [5, 5.41) is 0. The summed E-state index contributed by atoms with van der Waals surface area (Å²) in [7, 11) is 1.63. The van der Waals surface area contributed by atoms with Gasteiger partial charge in [-0.05, 0) is 36.8 Å². The van der Waals surface area contributed by atoms with Gasteiger partial charge in [0.15, 0.2) is 0 Å². The Bertz CT molecular complexity index is 816. The maximum Gasteiger partial charge on any atom is 0.270 e. The van der Waals surface area contributed by atoms with Gasteiger partial charge in [0, 0.05) is 18.1 Å². The van der Waals surface area contributed by atoms with E-state index in [1.54, 1.807) is 29.9 Å². The highest BCUT2D eigenvalue weighted by Crippen LogP contribution is 2.23. The van der Waals surface area contributed by atoms with Crippen LogP contribution in [0.4, 0.5) is 5.69 Å². The lowest BCUT2D eigenvalue weighted by Gasteiger charge is -2.22. The first-order valence-corrected chi connectivity index (χ1v) is 8.32. The molecule has 0 radical (unpaired) electrons. The van der Waals surface area contributed by atoms with Gasteiger partial charge in [0.05, 0.1) is 24.9 Å². The fourth-order valence-corrected chi connectivity index (χ4v) is 3.10. The van der Waals surface area contributed by atoms with Crippen molar-refractivity contribution in [2.75, 3.05) is 12.0 Å². The van der Waals surface area contributed by atoms with Crippen LogP contribution in [0.5, 0.6) is 5.75 Å². The van der Waals surface area contributed by atoms with Crippen LogP contribution >= 0.6 is 11.3 Å². The monoisotopic (exact) mass is 339 g/mol. The Labute approximate surface area is 144 Å². The largest absolute Gasteiger partial charge is 0.497 e. The molecule has 24 heavy (non-hydrogen) atoms. The molecule has 1 aromatic carbocycles. The molecule has 0 saturated carbocycles. The van der Waals surface area contributed by atoms with Gasteiger partial charge in [0.25, 0.3) is 5.91 Å². The molecule has 0 fully saturated rings. The summed E-state index contributed by atoms with van der Waals surface area (Å²) in [6.07, 6.45) is 3.37. The second-order valence-electron chi connectivity index (χ2n) is 5.21.